The molecule has 0 atom stereocenters. The fraction of sp³-hybridized carbons (Fsp3) is 0.304. The number of imide groups is 1. The summed E-state index contributed by atoms with van der Waals surface area (Å²) in [6.07, 6.45) is 5.05. The van der Waals surface area contributed by atoms with Crippen LogP contribution in [0.5, 0.6) is 0 Å². The summed E-state index contributed by atoms with van der Waals surface area (Å²) in [5.74, 6) is -0.398. The second kappa shape index (κ2) is 7.80. The minimum atomic E-state index is -0.201. The molecule has 2 aliphatic rings. The summed E-state index contributed by atoms with van der Waals surface area (Å²) in [6, 6.07) is 16.8. The summed E-state index contributed by atoms with van der Waals surface area (Å²) in [7, 11) is 1.84. The van der Waals surface area contributed by atoms with Crippen LogP contribution in [0.25, 0.3) is 5.57 Å². The van der Waals surface area contributed by atoms with Gasteiger partial charge in [-0.25, -0.2) is 0 Å². The molecule has 0 N–H and O–H groups in total. The molecule has 1 aliphatic heterocycles. The van der Waals surface area contributed by atoms with Crippen molar-refractivity contribution in [2.45, 2.75) is 38.1 Å². The van der Waals surface area contributed by atoms with E-state index in [1.165, 1.54) is 11.3 Å². The number of likely N-dealkylation sites (N-methyl/N-ethyl adjacent to an activating group) is 1. The topological polar surface area (TPSA) is 40.6 Å². The van der Waals surface area contributed by atoms with E-state index < -0.39 is 0 Å². The molecule has 5 heteroatoms. The molecule has 1 aliphatic carbocycles. The first-order valence-electron chi connectivity index (χ1n) is 9.75. The van der Waals surface area contributed by atoms with Gasteiger partial charge in [-0.05, 0) is 42.7 Å². The Morgan fingerprint density at radius 3 is 2.18 bits per heavy atom. The Labute approximate surface area is 170 Å². The minimum absolute atomic E-state index is 0.0160. The van der Waals surface area contributed by atoms with Crippen molar-refractivity contribution in [2.24, 2.45) is 0 Å². The van der Waals surface area contributed by atoms with E-state index in [-0.39, 0.29) is 17.9 Å². The quantitative estimate of drug-likeness (QED) is 0.693. The molecular formula is C23H23ClN2O2. The van der Waals surface area contributed by atoms with Crippen LogP contribution < -0.4 is 4.90 Å². The van der Waals surface area contributed by atoms with Crippen LogP contribution in [0.4, 0.5) is 5.69 Å². The number of anilines is 1. The average Bonchev–Trinajstić information content (AvgIpc) is 2.99. The van der Waals surface area contributed by atoms with Crippen molar-refractivity contribution in [1.82, 2.24) is 4.90 Å². The van der Waals surface area contributed by atoms with Gasteiger partial charge in [0.1, 0.15) is 5.70 Å². The second-order valence-electron chi connectivity index (χ2n) is 7.40. The number of rotatable bonds is 4. The van der Waals surface area contributed by atoms with E-state index in [1.54, 1.807) is 12.1 Å². The number of carbonyl (C=O) groups is 2. The molecule has 0 bridgehead atoms. The molecule has 2 amide bonds. The fourth-order valence-electron chi connectivity index (χ4n) is 4.17. The van der Waals surface area contributed by atoms with Gasteiger partial charge in [0.2, 0.25) is 0 Å². The van der Waals surface area contributed by atoms with Crippen LogP contribution in [0, 0.1) is 0 Å². The van der Waals surface area contributed by atoms with Crippen LogP contribution in [0.1, 0.15) is 37.7 Å². The summed E-state index contributed by atoms with van der Waals surface area (Å²) in [4.78, 5) is 30.2. The Kier molecular flexibility index (Phi) is 5.23. The Balaban J connectivity index is 1.80. The summed E-state index contributed by atoms with van der Waals surface area (Å²) in [5, 5.41) is 0.600. The largest absolute Gasteiger partial charge is 0.339 e. The van der Waals surface area contributed by atoms with Crippen LogP contribution in [0.15, 0.2) is 60.3 Å². The number of hydrogen-bond donors (Lipinski definition) is 0. The van der Waals surface area contributed by atoms with Gasteiger partial charge < -0.3 is 4.90 Å². The van der Waals surface area contributed by atoms with E-state index in [1.807, 2.05) is 54.4 Å². The minimum Gasteiger partial charge on any atom is -0.339 e. The third kappa shape index (κ3) is 3.33. The first-order valence-corrected chi connectivity index (χ1v) is 10.1. The Morgan fingerprint density at radius 1 is 0.893 bits per heavy atom. The number of halogens is 1. The third-order valence-electron chi connectivity index (χ3n) is 5.64. The molecule has 4 rings (SSSR count). The second-order valence-corrected chi connectivity index (χ2v) is 7.83. The van der Waals surface area contributed by atoms with E-state index in [2.05, 4.69) is 0 Å². The van der Waals surface area contributed by atoms with Gasteiger partial charge in [-0.1, -0.05) is 61.2 Å². The van der Waals surface area contributed by atoms with Crippen LogP contribution in [-0.4, -0.2) is 29.8 Å². The summed E-state index contributed by atoms with van der Waals surface area (Å²) < 4.78 is 0. The van der Waals surface area contributed by atoms with Gasteiger partial charge in [0.15, 0.2) is 0 Å². The van der Waals surface area contributed by atoms with Gasteiger partial charge in [-0.2, -0.15) is 0 Å². The lowest BCUT2D eigenvalue weighted by Gasteiger charge is -2.30. The van der Waals surface area contributed by atoms with Crippen LogP contribution in [0.3, 0.4) is 0 Å². The van der Waals surface area contributed by atoms with Gasteiger partial charge in [-0.15, -0.1) is 0 Å². The molecule has 0 saturated heterocycles. The highest BCUT2D eigenvalue weighted by molar-refractivity contribution is 6.37. The number of amides is 2. The highest BCUT2D eigenvalue weighted by Gasteiger charge is 2.44. The Morgan fingerprint density at radius 2 is 1.54 bits per heavy atom. The number of para-hydroxylation sites is 1. The van der Waals surface area contributed by atoms with Crippen LogP contribution in [0.2, 0.25) is 5.02 Å². The van der Waals surface area contributed by atoms with Gasteiger partial charge >= 0.3 is 0 Å². The molecule has 0 radical (unpaired) electrons. The SMILES string of the molecule is CN(C1=C(c2ccc(Cl)cc2)C(=O)N(C2CCCCC2)C1=O)c1ccccc1. The number of hydrogen-bond acceptors (Lipinski definition) is 3. The number of benzene rings is 2. The van der Waals surface area contributed by atoms with Crippen molar-refractivity contribution < 1.29 is 9.59 Å². The summed E-state index contributed by atoms with van der Waals surface area (Å²) in [6.45, 7) is 0. The van der Waals surface area contributed by atoms with Crippen molar-refractivity contribution in [1.29, 1.82) is 0 Å². The predicted octanol–water partition coefficient (Wildman–Crippen LogP) is 4.89. The maximum atomic E-state index is 13.5. The number of carbonyl (C=O) groups excluding carboxylic acids is 2. The Bertz CT molecular complexity index is 915. The van der Waals surface area contributed by atoms with Gasteiger partial charge in [0, 0.05) is 23.8 Å². The molecule has 2 aromatic carbocycles. The van der Waals surface area contributed by atoms with E-state index in [4.69, 9.17) is 11.6 Å². The fourth-order valence-corrected chi connectivity index (χ4v) is 4.30. The molecule has 0 unspecified atom stereocenters. The smallest absolute Gasteiger partial charge is 0.278 e. The third-order valence-corrected chi connectivity index (χ3v) is 5.89. The zero-order valence-corrected chi connectivity index (χ0v) is 16.7. The Hall–Kier alpha value is -2.59. The van der Waals surface area contributed by atoms with E-state index in [0.29, 0.717) is 16.3 Å². The molecule has 0 aromatic heterocycles. The average molecular weight is 395 g/mol. The highest BCUT2D eigenvalue weighted by atomic mass is 35.5. The van der Waals surface area contributed by atoms with Gasteiger partial charge in [0.05, 0.1) is 5.57 Å². The van der Waals surface area contributed by atoms with E-state index in [9.17, 15) is 9.59 Å². The lowest BCUT2D eigenvalue weighted by Crippen LogP contribution is -2.43. The first kappa shape index (κ1) is 18.8. The van der Waals surface area contributed by atoms with Crippen LogP contribution >= 0.6 is 11.6 Å². The van der Waals surface area contributed by atoms with Crippen molar-refractivity contribution >= 4 is 34.7 Å². The molecule has 1 heterocycles. The van der Waals surface area contributed by atoms with Crippen molar-refractivity contribution in [3.05, 3.63) is 70.9 Å². The van der Waals surface area contributed by atoms with Crippen molar-refractivity contribution in [2.75, 3.05) is 11.9 Å². The standard InChI is InChI=1S/C23H23ClN2O2/c1-25(18-8-4-2-5-9-18)21-20(16-12-14-17(24)15-13-16)22(27)26(23(21)28)19-10-6-3-7-11-19/h2,4-5,8-9,12-15,19H,3,6-7,10-11H2,1H3. The molecular weight excluding hydrogens is 372 g/mol. The molecule has 144 valence electrons. The summed E-state index contributed by atoms with van der Waals surface area (Å²) in [5.41, 5.74) is 2.48. The maximum absolute atomic E-state index is 13.5. The maximum Gasteiger partial charge on any atom is 0.278 e. The van der Waals surface area contributed by atoms with Gasteiger partial charge in [-0.3, -0.25) is 14.5 Å². The molecule has 28 heavy (non-hydrogen) atoms. The molecule has 1 saturated carbocycles. The molecule has 1 fully saturated rings. The summed E-state index contributed by atoms with van der Waals surface area (Å²) >= 11 is 6.04. The molecule has 4 nitrogen and oxygen atoms in total. The first-order chi connectivity index (χ1) is 13.6. The monoisotopic (exact) mass is 394 g/mol. The van der Waals surface area contributed by atoms with Crippen LogP contribution in [-0.2, 0) is 9.59 Å². The van der Waals surface area contributed by atoms with Crippen molar-refractivity contribution in [3.8, 4) is 0 Å². The number of nitrogens with zero attached hydrogens (tertiary/aromatic N) is 2. The zero-order chi connectivity index (χ0) is 19.7. The zero-order valence-electron chi connectivity index (χ0n) is 15.9. The normalized spacial score (nSPS) is 18.1. The molecule has 2 aromatic rings. The van der Waals surface area contributed by atoms with E-state index >= 15 is 0 Å². The lowest BCUT2D eigenvalue weighted by molar-refractivity contribution is -0.140. The van der Waals surface area contributed by atoms with Gasteiger partial charge in [0.25, 0.3) is 11.8 Å². The predicted molar refractivity (Wildman–Crippen MR) is 112 cm³/mol. The highest BCUT2D eigenvalue weighted by Crippen LogP contribution is 2.37. The van der Waals surface area contributed by atoms with Crippen molar-refractivity contribution in [3.63, 3.8) is 0 Å². The lowest BCUT2D eigenvalue weighted by atomic mass is 9.94. The molecule has 0 spiro atoms. The van der Waals surface area contributed by atoms with E-state index in [0.717, 1.165) is 36.9 Å².